The van der Waals surface area contributed by atoms with E-state index in [-0.39, 0.29) is 29.4 Å². The van der Waals surface area contributed by atoms with Gasteiger partial charge in [0, 0.05) is 12.1 Å². The molecule has 0 amide bonds. The molecule has 1 atom stereocenters. The molecular formula is C26H24F4N2O3. The van der Waals surface area contributed by atoms with Gasteiger partial charge in [-0.2, -0.15) is 13.2 Å². The average Bonchev–Trinajstić information content (AvgIpc) is 3.20. The second-order valence-electron chi connectivity index (χ2n) is 8.42. The number of hydrogen-bond acceptors (Lipinski definition) is 4. The molecule has 35 heavy (non-hydrogen) atoms. The summed E-state index contributed by atoms with van der Waals surface area (Å²) in [5.74, 6) is -0.329. The van der Waals surface area contributed by atoms with Crippen LogP contribution in [0.3, 0.4) is 0 Å². The maximum Gasteiger partial charge on any atom is 0.418 e. The number of aliphatic carboxylic acids is 1. The molecule has 4 rings (SSSR count). The molecular weight excluding hydrogens is 464 g/mol. The van der Waals surface area contributed by atoms with Crippen molar-refractivity contribution >= 4 is 11.8 Å². The van der Waals surface area contributed by atoms with Gasteiger partial charge in [0.1, 0.15) is 17.4 Å². The molecule has 0 fully saturated rings. The lowest BCUT2D eigenvalue weighted by molar-refractivity contribution is -0.138. The van der Waals surface area contributed by atoms with E-state index in [0.29, 0.717) is 25.3 Å². The second-order valence-corrected chi connectivity index (χ2v) is 8.42. The zero-order valence-corrected chi connectivity index (χ0v) is 18.7. The first-order chi connectivity index (χ1) is 16.7. The Hall–Kier alpha value is -3.62. The van der Waals surface area contributed by atoms with Gasteiger partial charge in [0.15, 0.2) is 0 Å². The molecule has 3 aromatic rings. The fraction of sp³-hybridized carbons (Fsp3) is 0.308. The van der Waals surface area contributed by atoms with E-state index < -0.39 is 23.5 Å². The number of aromatic nitrogens is 1. The van der Waals surface area contributed by atoms with E-state index in [1.807, 2.05) is 18.2 Å². The van der Waals surface area contributed by atoms with Crippen LogP contribution in [0.25, 0.3) is 11.3 Å². The molecule has 1 aliphatic carbocycles. The van der Waals surface area contributed by atoms with Crippen LogP contribution in [0.2, 0.25) is 0 Å². The third-order valence-corrected chi connectivity index (χ3v) is 5.95. The van der Waals surface area contributed by atoms with Crippen molar-refractivity contribution < 1.29 is 32.2 Å². The lowest BCUT2D eigenvalue weighted by Gasteiger charge is -2.15. The number of nitrogens with zero attached hydrogens (tertiary/aromatic N) is 1. The number of rotatable bonds is 9. The van der Waals surface area contributed by atoms with Gasteiger partial charge in [-0.05, 0) is 84.8 Å². The summed E-state index contributed by atoms with van der Waals surface area (Å²) in [6.07, 6.45) is -2.25. The van der Waals surface area contributed by atoms with E-state index in [4.69, 9.17) is 9.84 Å². The molecule has 0 radical (unpaired) electrons. The van der Waals surface area contributed by atoms with Gasteiger partial charge in [0.25, 0.3) is 0 Å². The predicted octanol–water partition coefficient (Wildman–Crippen LogP) is 6.29. The number of aryl methyl sites for hydroxylation is 1. The Morgan fingerprint density at radius 2 is 1.89 bits per heavy atom. The summed E-state index contributed by atoms with van der Waals surface area (Å²) in [5.41, 5.74) is 1.19. The fourth-order valence-electron chi connectivity index (χ4n) is 4.29. The molecule has 0 aliphatic heterocycles. The molecule has 1 heterocycles. The summed E-state index contributed by atoms with van der Waals surface area (Å²) >= 11 is 0. The normalized spacial score (nSPS) is 15.0. The van der Waals surface area contributed by atoms with Crippen LogP contribution in [-0.2, 0) is 17.4 Å². The lowest BCUT2D eigenvalue weighted by atomic mass is 9.98. The van der Waals surface area contributed by atoms with Gasteiger partial charge >= 0.3 is 12.1 Å². The average molecular weight is 488 g/mol. The van der Waals surface area contributed by atoms with E-state index in [9.17, 15) is 22.4 Å². The van der Waals surface area contributed by atoms with E-state index in [1.54, 1.807) is 0 Å². The number of alkyl halides is 3. The number of carboxylic acids is 1. The molecule has 184 valence electrons. The zero-order chi connectivity index (χ0) is 25.0. The molecule has 0 saturated heterocycles. The van der Waals surface area contributed by atoms with Crippen molar-refractivity contribution in [1.82, 2.24) is 4.98 Å². The van der Waals surface area contributed by atoms with Gasteiger partial charge in [0.05, 0.1) is 24.3 Å². The van der Waals surface area contributed by atoms with Gasteiger partial charge in [-0.3, -0.25) is 4.79 Å². The highest BCUT2D eigenvalue weighted by atomic mass is 19.4. The number of nitrogens with one attached hydrogen (secondary N) is 1. The Balaban J connectivity index is 1.33. The van der Waals surface area contributed by atoms with Gasteiger partial charge in [-0.25, -0.2) is 9.37 Å². The summed E-state index contributed by atoms with van der Waals surface area (Å²) in [6.45, 7) is 0.808. The summed E-state index contributed by atoms with van der Waals surface area (Å²) in [6, 6.07) is 12.7. The Morgan fingerprint density at radius 1 is 1.11 bits per heavy atom. The van der Waals surface area contributed by atoms with Crippen LogP contribution in [0, 0.1) is 5.82 Å². The van der Waals surface area contributed by atoms with Crippen LogP contribution >= 0.6 is 0 Å². The summed E-state index contributed by atoms with van der Waals surface area (Å²) in [7, 11) is 0. The van der Waals surface area contributed by atoms with Gasteiger partial charge in [0.2, 0.25) is 0 Å². The summed E-state index contributed by atoms with van der Waals surface area (Å²) in [4.78, 5) is 15.1. The highest BCUT2D eigenvalue weighted by Crippen LogP contribution is 2.38. The molecule has 5 nitrogen and oxygen atoms in total. The van der Waals surface area contributed by atoms with Crippen molar-refractivity contribution in [3.05, 3.63) is 77.1 Å². The van der Waals surface area contributed by atoms with Crippen LogP contribution < -0.4 is 10.1 Å². The van der Waals surface area contributed by atoms with Crippen LogP contribution in [-0.4, -0.2) is 29.2 Å². The molecule has 2 aromatic carbocycles. The minimum atomic E-state index is -4.59. The molecule has 0 unspecified atom stereocenters. The SMILES string of the molecule is O=C(O)C[C@@H]1CCc2cc(OCCCNc3ccc(C(F)(F)F)c(-c4ccc(F)cc4)n3)ccc21. The Morgan fingerprint density at radius 3 is 2.60 bits per heavy atom. The van der Waals surface area contributed by atoms with Gasteiger partial charge in [-0.1, -0.05) is 6.07 Å². The van der Waals surface area contributed by atoms with E-state index in [2.05, 4.69) is 10.3 Å². The van der Waals surface area contributed by atoms with Crippen molar-refractivity contribution in [3.8, 4) is 17.0 Å². The Labute approximate surface area is 199 Å². The summed E-state index contributed by atoms with van der Waals surface area (Å²) < 4.78 is 59.3. The molecule has 9 heteroatoms. The summed E-state index contributed by atoms with van der Waals surface area (Å²) in [5, 5.41) is 12.0. The molecule has 1 aromatic heterocycles. The van der Waals surface area contributed by atoms with E-state index in [1.165, 1.54) is 18.2 Å². The predicted molar refractivity (Wildman–Crippen MR) is 123 cm³/mol. The smallest absolute Gasteiger partial charge is 0.418 e. The number of ether oxygens (including phenoxy) is 1. The van der Waals surface area contributed by atoms with Crippen LogP contribution in [0.4, 0.5) is 23.4 Å². The van der Waals surface area contributed by atoms with Gasteiger partial charge < -0.3 is 15.2 Å². The van der Waals surface area contributed by atoms with Crippen molar-refractivity contribution in [1.29, 1.82) is 0 Å². The number of carboxylic acid groups (broad SMARTS) is 1. The second kappa shape index (κ2) is 10.3. The van der Waals surface area contributed by atoms with Gasteiger partial charge in [-0.15, -0.1) is 0 Å². The first-order valence-electron chi connectivity index (χ1n) is 11.3. The largest absolute Gasteiger partial charge is 0.494 e. The molecule has 2 N–H and O–H groups in total. The monoisotopic (exact) mass is 488 g/mol. The number of hydrogen-bond donors (Lipinski definition) is 2. The number of halogens is 4. The standard InChI is InChI=1S/C26H24F4N2O3/c27-19-6-4-16(5-7-19)25-22(26(28,29)30)10-11-23(32-25)31-12-1-13-35-20-8-9-21-17(14-20)2-3-18(21)15-24(33)34/h4-11,14,18H,1-3,12-13,15H2,(H,31,32)(H,33,34)/t18-/m0/s1. The first-order valence-corrected chi connectivity index (χ1v) is 11.3. The molecule has 0 spiro atoms. The maximum atomic E-state index is 13.4. The highest BCUT2D eigenvalue weighted by Gasteiger charge is 2.34. The minimum absolute atomic E-state index is 0.0387. The third kappa shape index (κ3) is 6.09. The molecule has 0 bridgehead atoms. The number of carbonyl (C=O) groups is 1. The lowest BCUT2D eigenvalue weighted by Crippen LogP contribution is -2.12. The molecule has 0 saturated carbocycles. The first kappa shape index (κ1) is 24.5. The topological polar surface area (TPSA) is 71.5 Å². The maximum absolute atomic E-state index is 13.4. The Bertz CT molecular complexity index is 1200. The Kier molecular flexibility index (Phi) is 7.23. The number of fused-ring (bicyclic) bond motifs is 1. The number of pyridine rings is 1. The third-order valence-electron chi connectivity index (χ3n) is 5.95. The number of benzene rings is 2. The van der Waals surface area contributed by atoms with Crippen LogP contribution in [0.5, 0.6) is 5.75 Å². The van der Waals surface area contributed by atoms with Crippen LogP contribution in [0.15, 0.2) is 54.6 Å². The fourth-order valence-corrected chi connectivity index (χ4v) is 4.29. The van der Waals surface area contributed by atoms with Crippen molar-refractivity contribution in [2.24, 2.45) is 0 Å². The minimum Gasteiger partial charge on any atom is -0.494 e. The van der Waals surface area contributed by atoms with E-state index >= 15 is 0 Å². The van der Waals surface area contributed by atoms with Crippen molar-refractivity contribution in [2.45, 2.75) is 37.8 Å². The highest BCUT2D eigenvalue weighted by molar-refractivity contribution is 5.68. The number of anilines is 1. The van der Waals surface area contributed by atoms with E-state index in [0.717, 1.165) is 42.2 Å². The van der Waals surface area contributed by atoms with Crippen molar-refractivity contribution in [3.63, 3.8) is 0 Å². The zero-order valence-electron chi connectivity index (χ0n) is 18.7. The van der Waals surface area contributed by atoms with Crippen LogP contribution in [0.1, 0.15) is 41.9 Å². The molecule has 1 aliphatic rings. The quantitative estimate of drug-likeness (QED) is 0.274. The van der Waals surface area contributed by atoms with Crippen molar-refractivity contribution in [2.75, 3.05) is 18.5 Å².